The van der Waals surface area contributed by atoms with E-state index in [4.69, 9.17) is 17.3 Å². The van der Waals surface area contributed by atoms with Gasteiger partial charge in [0.1, 0.15) is 5.02 Å². The fraction of sp³-hybridized carbons (Fsp3) is 0.429. The topological polar surface area (TPSA) is 111 Å². The number of amides is 1. The third-order valence-electron chi connectivity index (χ3n) is 3.91. The first-order chi connectivity index (χ1) is 11.0. The number of hydrogen-bond donors (Lipinski definition) is 3. The summed E-state index contributed by atoms with van der Waals surface area (Å²) in [5.74, 6) is 0.402. The monoisotopic (exact) mass is 335 g/mol. The summed E-state index contributed by atoms with van der Waals surface area (Å²) >= 11 is 6.16. The zero-order chi connectivity index (χ0) is 16.4. The SMILES string of the molecule is Cn1cc(Nc2ncc(Cl)c(N[C@@H]3CCC[C@@H]3C(N)=O)n2)cn1. The molecule has 1 aliphatic rings. The van der Waals surface area contributed by atoms with Gasteiger partial charge >= 0.3 is 0 Å². The van der Waals surface area contributed by atoms with Crippen LogP contribution in [0, 0.1) is 5.92 Å². The molecule has 1 amide bonds. The number of carbonyl (C=O) groups excluding carboxylic acids is 1. The number of nitrogens with two attached hydrogens (primary N) is 1. The molecular formula is C14H18ClN7O. The molecule has 0 unspecified atom stereocenters. The van der Waals surface area contributed by atoms with Crippen LogP contribution in [0.1, 0.15) is 19.3 Å². The number of aryl methyl sites for hydroxylation is 1. The highest BCUT2D eigenvalue weighted by atomic mass is 35.5. The molecule has 2 atom stereocenters. The molecule has 0 aliphatic heterocycles. The average Bonchev–Trinajstić information content (AvgIpc) is 3.12. The molecule has 2 aromatic heterocycles. The van der Waals surface area contributed by atoms with Gasteiger partial charge in [0.15, 0.2) is 5.82 Å². The van der Waals surface area contributed by atoms with Gasteiger partial charge in [-0.25, -0.2) is 4.98 Å². The second-order valence-corrected chi connectivity index (χ2v) is 6.02. The lowest BCUT2D eigenvalue weighted by Gasteiger charge is -2.19. The second kappa shape index (κ2) is 6.41. The standard InChI is InChI=1S/C14H18ClN7O/c1-22-7-8(5-18-22)19-14-17-6-10(15)13(21-14)20-11-4-2-3-9(11)12(16)23/h5-7,9,11H,2-4H2,1H3,(H2,16,23)(H2,17,19,20,21)/t9-,11+/m0/s1. The van der Waals surface area contributed by atoms with Crippen LogP contribution in [0.2, 0.25) is 5.02 Å². The maximum absolute atomic E-state index is 11.5. The van der Waals surface area contributed by atoms with Gasteiger partial charge in [-0.2, -0.15) is 10.1 Å². The molecule has 2 heterocycles. The number of hydrogen-bond acceptors (Lipinski definition) is 6. The Balaban J connectivity index is 1.76. The van der Waals surface area contributed by atoms with E-state index in [0.29, 0.717) is 16.8 Å². The van der Waals surface area contributed by atoms with E-state index >= 15 is 0 Å². The van der Waals surface area contributed by atoms with Crippen molar-refractivity contribution in [1.29, 1.82) is 0 Å². The van der Waals surface area contributed by atoms with Crippen LogP contribution in [0.15, 0.2) is 18.6 Å². The van der Waals surface area contributed by atoms with Gasteiger partial charge in [-0.05, 0) is 12.8 Å². The third-order valence-corrected chi connectivity index (χ3v) is 4.19. The second-order valence-electron chi connectivity index (χ2n) is 5.61. The highest BCUT2D eigenvalue weighted by Crippen LogP contribution is 2.30. The maximum Gasteiger partial charge on any atom is 0.229 e. The molecule has 0 saturated heterocycles. The van der Waals surface area contributed by atoms with Gasteiger partial charge in [0.2, 0.25) is 11.9 Å². The predicted molar refractivity (Wildman–Crippen MR) is 87.5 cm³/mol. The van der Waals surface area contributed by atoms with Crippen LogP contribution in [0.25, 0.3) is 0 Å². The lowest BCUT2D eigenvalue weighted by molar-refractivity contribution is -0.121. The summed E-state index contributed by atoms with van der Waals surface area (Å²) in [5, 5.41) is 10.8. The van der Waals surface area contributed by atoms with Gasteiger partial charge < -0.3 is 16.4 Å². The molecule has 0 bridgehead atoms. The van der Waals surface area contributed by atoms with E-state index in [1.807, 2.05) is 13.2 Å². The maximum atomic E-state index is 11.5. The molecule has 1 saturated carbocycles. The summed E-state index contributed by atoms with van der Waals surface area (Å²) in [5.41, 5.74) is 6.22. The lowest BCUT2D eigenvalue weighted by atomic mass is 10.0. The molecule has 0 radical (unpaired) electrons. The van der Waals surface area contributed by atoms with E-state index in [9.17, 15) is 4.79 Å². The Kier molecular flexibility index (Phi) is 4.33. The summed E-state index contributed by atoms with van der Waals surface area (Å²) in [6.45, 7) is 0. The molecule has 9 heteroatoms. The molecule has 3 rings (SSSR count). The molecule has 0 aromatic carbocycles. The Labute approximate surface area is 138 Å². The molecule has 1 fully saturated rings. The average molecular weight is 336 g/mol. The van der Waals surface area contributed by atoms with Crippen LogP contribution >= 0.6 is 11.6 Å². The molecule has 8 nitrogen and oxygen atoms in total. The van der Waals surface area contributed by atoms with Crippen molar-refractivity contribution in [3.8, 4) is 0 Å². The third kappa shape index (κ3) is 3.53. The first kappa shape index (κ1) is 15.5. The number of rotatable bonds is 5. The van der Waals surface area contributed by atoms with Crippen molar-refractivity contribution in [2.75, 3.05) is 10.6 Å². The van der Waals surface area contributed by atoms with Crippen molar-refractivity contribution >= 4 is 35.0 Å². The lowest BCUT2D eigenvalue weighted by Crippen LogP contribution is -2.34. The van der Waals surface area contributed by atoms with Crippen LogP contribution in [0.4, 0.5) is 17.5 Å². The minimum absolute atomic E-state index is 0.0499. The highest BCUT2D eigenvalue weighted by molar-refractivity contribution is 6.32. The Hall–Kier alpha value is -2.35. The fourth-order valence-corrected chi connectivity index (χ4v) is 2.94. The number of aromatic nitrogens is 4. The van der Waals surface area contributed by atoms with Gasteiger partial charge in [-0.15, -0.1) is 0 Å². The smallest absolute Gasteiger partial charge is 0.229 e. The van der Waals surface area contributed by atoms with Gasteiger partial charge in [-0.3, -0.25) is 9.48 Å². The molecule has 122 valence electrons. The van der Waals surface area contributed by atoms with Gasteiger partial charge in [-0.1, -0.05) is 18.0 Å². The van der Waals surface area contributed by atoms with Crippen molar-refractivity contribution in [3.63, 3.8) is 0 Å². The van der Waals surface area contributed by atoms with Gasteiger partial charge in [0.25, 0.3) is 0 Å². The molecule has 2 aromatic rings. The predicted octanol–water partition coefficient (Wildman–Crippen LogP) is 1.67. The van der Waals surface area contributed by atoms with E-state index in [2.05, 4.69) is 25.7 Å². The Bertz CT molecular complexity index is 717. The first-order valence-corrected chi connectivity index (χ1v) is 7.75. The van der Waals surface area contributed by atoms with E-state index < -0.39 is 0 Å². The van der Waals surface area contributed by atoms with Crippen molar-refractivity contribution in [2.24, 2.45) is 18.7 Å². The highest BCUT2D eigenvalue weighted by Gasteiger charge is 2.32. The van der Waals surface area contributed by atoms with Gasteiger partial charge in [0, 0.05) is 19.3 Å². The summed E-state index contributed by atoms with van der Waals surface area (Å²) in [6.07, 6.45) is 7.60. The fourth-order valence-electron chi connectivity index (χ4n) is 2.79. The molecular weight excluding hydrogens is 318 g/mol. The number of anilines is 3. The van der Waals surface area contributed by atoms with E-state index in [0.717, 1.165) is 24.9 Å². The summed E-state index contributed by atoms with van der Waals surface area (Å²) in [7, 11) is 1.82. The van der Waals surface area contributed by atoms with E-state index in [-0.39, 0.29) is 17.9 Å². The number of nitrogens with zero attached hydrogens (tertiary/aromatic N) is 4. The van der Waals surface area contributed by atoms with Gasteiger partial charge in [0.05, 0.1) is 24.0 Å². The van der Waals surface area contributed by atoms with E-state index in [1.165, 1.54) is 6.20 Å². The molecule has 4 N–H and O–H groups in total. The normalized spacial score (nSPS) is 20.4. The van der Waals surface area contributed by atoms with Crippen LogP contribution in [-0.4, -0.2) is 31.7 Å². The minimum atomic E-state index is -0.293. The minimum Gasteiger partial charge on any atom is -0.369 e. The zero-order valence-corrected chi connectivity index (χ0v) is 13.4. The number of halogens is 1. The Morgan fingerprint density at radius 2 is 2.26 bits per heavy atom. The Morgan fingerprint density at radius 1 is 1.43 bits per heavy atom. The van der Waals surface area contributed by atoms with Crippen LogP contribution in [0.5, 0.6) is 0 Å². The van der Waals surface area contributed by atoms with Crippen LogP contribution in [-0.2, 0) is 11.8 Å². The van der Waals surface area contributed by atoms with Crippen LogP contribution < -0.4 is 16.4 Å². The molecule has 0 spiro atoms. The van der Waals surface area contributed by atoms with Crippen molar-refractivity contribution in [1.82, 2.24) is 19.7 Å². The van der Waals surface area contributed by atoms with Crippen LogP contribution in [0.3, 0.4) is 0 Å². The van der Waals surface area contributed by atoms with E-state index in [1.54, 1.807) is 10.9 Å². The summed E-state index contributed by atoms with van der Waals surface area (Å²) in [4.78, 5) is 20.0. The number of nitrogens with one attached hydrogen (secondary N) is 2. The first-order valence-electron chi connectivity index (χ1n) is 7.37. The van der Waals surface area contributed by atoms with Crippen molar-refractivity contribution < 1.29 is 4.79 Å². The summed E-state index contributed by atoms with van der Waals surface area (Å²) < 4.78 is 1.67. The molecule has 1 aliphatic carbocycles. The molecule has 23 heavy (non-hydrogen) atoms. The Morgan fingerprint density at radius 3 is 2.96 bits per heavy atom. The summed E-state index contributed by atoms with van der Waals surface area (Å²) in [6, 6.07) is -0.0499. The van der Waals surface area contributed by atoms with Crippen molar-refractivity contribution in [2.45, 2.75) is 25.3 Å². The number of primary amides is 1. The van der Waals surface area contributed by atoms with Crippen molar-refractivity contribution in [3.05, 3.63) is 23.6 Å². The number of carbonyl (C=O) groups is 1. The zero-order valence-electron chi connectivity index (χ0n) is 12.7. The largest absolute Gasteiger partial charge is 0.369 e. The quantitative estimate of drug-likeness (QED) is 0.766.